The van der Waals surface area contributed by atoms with E-state index >= 15 is 0 Å². The lowest BCUT2D eigenvalue weighted by Crippen LogP contribution is -2.46. The molecule has 1 amide bonds. The van der Waals surface area contributed by atoms with Crippen molar-refractivity contribution in [2.24, 2.45) is 0 Å². The molecule has 1 heterocycles. The summed E-state index contributed by atoms with van der Waals surface area (Å²) in [5.41, 5.74) is 0. The van der Waals surface area contributed by atoms with Crippen LogP contribution < -0.4 is 0 Å². The summed E-state index contributed by atoms with van der Waals surface area (Å²) in [6.07, 6.45) is 2.74. The highest BCUT2D eigenvalue weighted by Crippen LogP contribution is 2.23. The van der Waals surface area contributed by atoms with Crippen LogP contribution in [0.2, 0.25) is 5.02 Å². The van der Waals surface area contributed by atoms with E-state index in [1.165, 1.54) is 29.2 Å². The molecule has 8 heteroatoms. The summed E-state index contributed by atoms with van der Waals surface area (Å²) >= 11 is 5.75. The Balaban J connectivity index is 2.08. The number of rotatable bonds is 6. The first-order valence-electron chi connectivity index (χ1n) is 7.79. The van der Waals surface area contributed by atoms with Gasteiger partial charge in [-0.15, -0.1) is 0 Å². The Bertz CT molecular complexity index is 702. The van der Waals surface area contributed by atoms with E-state index in [-0.39, 0.29) is 17.4 Å². The lowest BCUT2D eigenvalue weighted by Gasteiger charge is -2.35. The number of carboxylic acids is 1. The van der Waals surface area contributed by atoms with E-state index in [9.17, 15) is 18.0 Å². The zero-order valence-electron chi connectivity index (χ0n) is 13.2. The average molecular weight is 374 g/mol. The SMILES string of the molecule is O=C(O)CCC1CCCCN1C(=O)CS(=O)(=O)c1ccc(Cl)cc1. The van der Waals surface area contributed by atoms with Gasteiger partial charge in [-0.3, -0.25) is 9.59 Å². The van der Waals surface area contributed by atoms with Gasteiger partial charge in [0.2, 0.25) is 5.91 Å². The van der Waals surface area contributed by atoms with Gasteiger partial charge >= 0.3 is 5.97 Å². The molecule has 1 aromatic carbocycles. The van der Waals surface area contributed by atoms with Gasteiger partial charge < -0.3 is 10.0 Å². The van der Waals surface area contributed by atoms with Crippen molar-refractivity contribution in [3.63, 3.8) is 0 Å². The van der Waals surface area contributed by atoms with Crippen LogP contribution in [0.15, 0.2) is 29.2 Å². The number of hydrogen-bond donors (Lipinski definition) is 1. The maximum absolute atomic E-state index is 12.5. The molecule has 1 unspecified atom stereocenters. The topological polar surface area (TPSA) is 91.8 Å². The number of halogens is 1. The van der Waals surface area contributed by atoms with Gasteiger partial charge in [0, 0.05) is 24.0 Å². The number of carbonyl (C=O) groups is 2. The summed E-state index contributed by atoms with van der Waals surface area (Å²) in [7, 11) is -3.75. The van der Waals surface area contributed by atoms with Gasteiger partial charge in [-0.2, -0.15) is 0 Å². The number of piperidine rings is 1. The summed E-state index contributed by atoms with van der Waals surface area (Å²) in [6, 6.07) is 5.49. The minimum absolute atomic E-state index is 0.0294. The molecule has 0 spiro atoms. The zero-order chi connectivity index (χ0) is 17.7. The fraction of sp³-hybridized carbons (Fsp3) is 0.500. The van der Waals surface area contributed by atoms with E-state index in [0.717, 1.165) is 12.8 Å². The Morgan fingerprint density at radius 2 is 1.88 bits per heavy atom. The molecule has 2 rings (SSSR count). The third-order valence-corrected chi connectivity index (χ3v) is 5.99. The first-order valence-corrected chi connectivity index (χ1v) is 9.82. The first kappa shape index (κ1) is 18.7. The second kappa shape index (κ2) is 7.98. The van der Waals surface area contributed by atoms with Crippen LogP contribution in [0.3, 0.4) is 0 Å². The molecule has 0 aliphatic carbocycles. The van der Waals surface area contributed by atoms with Gasteiger partial charge in [0.25, 0.3) is 0 Å². The van der Waals surface area contributed by atoms with Gasteiger partial charge in [-0.05, 0) is 49.9 Å². The van der Waals surface area contributed by atoms with Gasteiger partial charge in [-0.1, -0.05) is 11.6 Å². The zero-order valence-corrected chi connectivity index (χ0v) is 14.7. The minimum Gasteiger partial charge on any atom is -0.481 e. The minimum atomic E-state index is -3.75. The van der Waals surface area contributed by atoms with Crippen molar-refractivity contribution in [3.8, 4) is 0 Å². The van der Waals surface area contributed by atoms with Gasteiger partial charge in [0.15, 0.2) is 9.84 Å². The molecular formula is C16H20ClNO5S. The van der Waals surface area contributed by atoms with Crippen LogP contribution >= 0.6 is 11.6 Å². The summed E-state index contributed by atoms with van der Waals surface area (Å²) in [5.74, 6) is -2.00. The normalized spacial score (nSPS) is 18.4. The van der Waals surface area contributed by atoms with Crippen LogP contribution in [-0.2, 0) is 19.4 Å². The molecule has 0 bridgehead atoms. The fourth-order valence-corrected chi connectivity index (χ4v) is 4.22. The van der Waals surface area contributed by atoms with E-state index < -0.39 is 27.5 Å². The average Bonchev–Trinajstić information content (AvgIpc) is 2.53. The van der Waals surface area contributed by atoms with Crippen molar-refractivity contribution in [2.45, 2.75) is 43.0 Å². The summed E-state index contributed by atoms with van der Waals surface area (Å²) in [4.78, 5) is 24.8. The van der Waals surface area contributed by atoms with Crippen molar-refractivity contribution in [3.05, 3.63) is 29.3 Å². The van der Waals surface area contributed by atoms with Crippen LogP contribution in [0, 0.1) is 0 Å². The molecular weight excluding hydrogens is 354 g/mol. The van der Waals surface area contributed by atoms with E-state index in [0.29, 0.717) is 24.4 Å². The number of aliphatic carboxylic acids is 1. The lowest BCUT2D eigenvalue weighted by molar-refractivity contribution is -0.139. The Labute approximate surface area is 146 Å². The number of likely N-dealkylation sites (tertiary alicyclic amines) is 1. The molecule has 1 aromatic rings. The molecule has 1 N–H and O–H groups in total. The molecule has 1 atom stereocenters. The highest BCUT2D eigenvalue weighted by molar-refractivity contribution is 7.92. The van der Waals surface area contributed by atoms with Gasteiger partial charge in [0.05, 0.1) is 4.90 Å². The van der Waals surface area contributed by atoms with Crippen molar-refractivity contribution >= 4 is 33.3 Å². The monoisotopic (exact) mass is 373 g/mol. The Kier molecular flexibility index (Phi) is 6.23. The number of sulfone groups is 1. The van der Waals surface area contributed by atoms with Crippen molar-refractivity contribution in [1.29, 1.82) is 0 Å². The molecule has 1 aliphatic heterocycles. The number of hydrogen-bond acceptors (Lipinski definition) is 4. The summed E-state index contributed by atoms with van der Waals surface area (Å²) in [5, 5.41) is 9.24. The van der Waals surface area contributed by atoms with Crippen LogP contribution in [0.25, 0.3) is 0 Å². The molecule has 0 saturated carbocycles. The molecule has 24 heavy (non-hydrogen) atoms. The number of amides is 1. The molecule has 132 valence electrons. The summed E-state index contributed by atoms with van der Waals surface area (Å²) in [6.45, 7) is 0.471. The molecule has 6 nitrogen and oxygen atoms in total. The molecule has 0 aromatic heterocycles. The third kappa shape index (κ3) is 4.95. The van der Waals surface area contributed by atoms with Crippen LogP contribution in [0.4, 0.5) is 0 Å². The van der Waals surface area contributed by atoms with Crippen molar-refractivity contribution in [2.75, 3.05) is 12.3 Å². The third-order valence-electron chi connectivity index (χ3n) is 4.13. The quantitative estimate of drug-likeness (QED) is 0.826. The Hall–Kier alpha value is -1.60. The number of nitrogens with zero attached hydrogens (tertiary/aromatic N) is 1. The number of benzene rings is 1. The second-order valence-electron chi connectivity index (χ2n) is 5.88. The highest BCUT2D eigenvalue weighted by Gasteiger charge is 2.30. The van der Waals surface area contributed by atoms with Crippen LogP contribution in [0.5, 0.6) is 0 Å². The molecule has 1 saturated heterocycles. The Morgan fingerprint density at radius 1 is 1.21 bits per heavy atom. The van der Waals surface area contributed by atoms with Crippen molar-refractivity contribution < 1.29 is 23.1 Å². The number of carbonyl (C=O) groups excluding carboxylic acids is 1. The van der Waals surface area contributed by atoms with Gasteiger partial charge in [-0.25, -0.2) is 8.42 Å². The Morgan fingerprint density at radius 3 is 2.50 bits per heavy atom. The molecule has 1 fully saturated rings. The van der Waals surface area contributed by atoms with Crippen molar-refractivity contribution in [1.82, 2.24) is 4.90 Å². The van der Waals surface area contributed by atoms with E-state index in [4.69, 9.17) is 16.7 Å². The van der Waals surface area contributed by atoms with E-state index in [1.807, 2.05) is 0 Å². The first-order chi connectivity index (χ1) is 11.3. The van der Waals surface area contributed by atoms with Crippen LogP contribution in [0.1, 0.15) is 32.1 Å². The largest absolute Gasteiger partial charge is 0.481 e. The predicted molar refractivity (Wildman–Crippen MR) is 89.7 cm³/mol. The number of carboxylic acid groups (broad SMARTS) is 1. The second-order valence-corrected chi connectivity index (χ2v) is 8.31. The van der Waals surface area contributed by atoms with E-state index in [1.54, 1.807) is 0 Å². The maximum Gasteiger partial charge on any atom is 0.303 e. The van der Waals surface area contributed by atoms with E-state index in [2.05, 4.69) is 0 Å². The lowest BCUT2D eigenvalue weighted by atomic mass is 9.98. The smallest absolute Gasteiger partial charge is 0.303 e. The van der Waals surface area contributed by atoms with Gasteiger partial charge in [0.1, 0.15) is 5.75 Å². The fourth-order valence-electron chi connectivity index (χ4n) is 2.89. The predicted octanol–water partition coefficient (Wildman–Crippen LogP) is 2.36. The maximum atomic E-state index is 12.5. The highest BCUT2D eigenvalue weighted by atomic mass is 35.5. The standard InChI is InChI=1S/C16H20ClNO5S/c17-12-4-7-14(8-5-12)24(22,23)11-15(19)18-10-2-1-3-13(18)6-9-16(20)21/h4-5,7-8,13H,1-3,6,9-11H2,(H,20,21). The molecule has 0 radical (unpaired) electrons. The summed E-state index contributed by atoms with van der Waals surface area (Å²) < 4.78 is 24.8. The van der Waals surface area contributed by atoms with Crippen LogP contribution in [-0.4, -0.2) is 48.6 Å². The molecule has 1 aliphatic rings.